The Hall–Kier alpha value is -1.83. The normalized spacial score (nSPS) is 9.11. The highest BCUT2D eigenvalue weighted by molar-refractivity contribution is 7.96. The molecule has 13 heteroatoms. The van der Waals surface area contributed by atoms with Crippen LogP contribution in [0, 0.1) is 0 Å². The first-order valence-corrected chi connectivity index (χ1v) is 4.48. The molecule has 0 aliphatic heterocycles. The minimum absolute atomic E-state index is 0.547. The lowest BCUT2D eigenvalue weighted by Crippen LogP contribution is -2.50. The molecular weight excluding hydrogens is 296 g/mol. The third-order valence-corrected chi connectivity index (χ3v) is 1.69. The van der Waals surface area contributed by atoms with Crippen molar-refractivity contribution < 1.29 is 44.3 Å². The summed E-state index contributed by atoms with van der Waals surface area (Å²) in [7, 11) is 0. The van der Waals surface area contributed by atoms with Crippen LogP contribution in [0.25, 0.3) is 0 Å². The summed E-state index contributed by atoms with van der Waals surface area (Å²) in [5, 5.41) is 12.8. The van der Waals surface area contributed by atoms with Crippen molar-refractivity contribution in [1.29, 1.82) is 0 Å². The Labute approximate surface area is 109 Å². The van der Waals surface area contributed by atoms with Crippen LogP contribution >= 0.6 is 25.3 Å². The Morgan fingerprint density at radius 3 is 1.22 bits per heavy atom. The largest absolute Gasteiger partial charge is 0.456 e. The van der Waals surface area contributed by atoms with Crippen LogP contribution in [0.5, 0.6) is 0 Å². The minimum atomic E-state index is -1.95. The number of hydrogen-bond donors (Lipinski definition) is 4. The van der Waals surface area contributed by atoms with Gasteiger partial charge in [0.2, 0.25) is 0 Å². The van der Waals surface area contributed by atoms with E-state index in [4.69, 9.17) is 10.5 Å². The summed E-state index contributed by atoms with van der Waals surface area (Å²) in [5.41, 5.74) is 0. The molecule has 2 N–H and O–H groups in total. The molecule has 0 unspecified atom stereocenters. The number of carbonyl (C=O) groups excluding carboxylic acids is 5. The highest BCUT2D eigenvalue weighted by atomic mass is 32.1. The van der Waals surface area contributed by atoms with E-state index in [1.165, 1.54) is 0 Å². The predicted octanol–water partition coefficient (Wildman–Crippen LogP) is 1.03. The van der Waals surface area contributed by atoms with Crippen LogP contribution in [0.3, 0.4) is 0 Å². The lowest BCUT2D eigenvalue weighted by Gasteiger charge is -2.19. The van der Waals surface area contributed by atoms with Gasteiger partial charge in [0.1, 0.15) is 0 Å². The molecule has 0 aliphatic rings. The fraction of sp³-hybridized carbons (Fsp3) is 0. The quantitative estimate of drug-likeness (QED) is 0.292. The van der Waals surface area contributed by atoms with Crippen LogP contribution < -0.4 is 0 Å². The summed E-state index contributed by atoms with van der Waals surface area (Å²) in [4.78, 5) is 59.7. The first kappa shape index (κ1) is 16.2. The van der Waals surface area contributed by atoms with E-state index in [0.717, 1.165) is 0 Å². The van der Waals surface area contributed by atoms with Gasteiger partial charge in [0.15, 0.2) is 0 Å². The van der Waals surface area contributed by atoms with Crippen molar-refractivity contribution in [2.45, 2.75) is 0 Å². The molecule has 0 saturated carbocycles. The van der Waals surface area contributed by atoms with E-state index in [9.17, 15) is 24.0 Å². The van der Waals surface area contributed by atoms with Crippen LogP contribution in [-0.2, 0) is 9.78 Å². The number of nitrogens with zero attached hydrogens (tertiary/aromatic N) is 2. The van der Waals surface area contributed by atoms with Crippen molar-refractivity contribution in [3.8, 4) is 0 Å². The molecule has 0 aromatic carbocycles. The molecule has 0 saturated heterocycles. The lowest BCUT2D eigenvalue weighted by molar-refractivity contribution is -0.185. The Bertz CT molecular complexity index is 374. The Kier molecular flexibility index (Phi) is 6.11. The molecule has 18 heavy (non-hydrogen) atoms. The molecule has 0 aromatic rings. The smallest absolute Gasteiger partial charge is 0.277 e. The second-order valence-corrected chi connectivity index (χ2v) is 3.00. The van der Waals surface area contributed by atoms with Gasteiger partial charge in [0.25, 0.3) is 10.5 Å². The van der Waals surface area contributed by atoms with Crippen molar-refractivity contribution >= 4 is 54.0 Å². The van der Waals surface area contributed by atoms with Gasteiger partial charge in [-0.3, -0.25) is 19.4 Å². The van der Waals surface area contributed by atoms with Crippen molar-refractivity contribution in [1.82, 2.24) is 9.80 Å². The second-order valence-electron chi connectivity index (χ2n) is 2.23. The average Bonchev–Trinajstić information content (AvgIpc) is 2.27. The van der Waals surface area contributed by atoms with Crippen molar-refractivity contribution in [3.63, 3.8) is 0 Å². The maximum absolute atomic E-state index is 11.4. The highest BCUT2D eigenvalue weighted by Gasteiger charge is 2.39. The van der Waals surface area contributed by atoms with Gasteiger partial charge in [-0.05, 0) is 0 Å². The number of carbonyl (C=O) groups is 5. The van der Waals surface area contributed by atoms with Crippen molar-refractivity contribution in [2.75, 3.05) is 0 Å². The zero-order valence-corrected chi connectivity index (χ0v) is 9.83. The molecule has 6 amide bonds. The number of urea groups is 1. The zero-order chi connectivity index (χ0) is 14.5. The summed E-state index contributed by atoms with van der Waals surface area (Å²) in [6, 6.07) is -1.94. The monoisotopic (exact) mass is 300 g/mol. The van der Waals surface area contributed by atoms with Crippen LogP contribution in [0.2, 0.25) is 0 Å². The van der Waals surface area contributed by atoms with Gasteiger partial charge in [-0.2, -0.15) is 20.3 Å². The van der Waals surface area contributed by atoms with E-state index in [1.807, 2.05) is 0 Å². The van der Waals surface area contributed by atoms with Gasteiger partial charge in [-0.25, -0.2) is 14.4 Å². The fourth-order valence-electron chi connectivity index (χ4n) is 0.658. The Morgan fingerprint density at radius 1 is 0.778 bits per heavy atom. The van der Waals surface area contributed by atoms with Crippen LogP contribution in [-0.4, -0.2) is 49.0 Å². The van der Waals surface area contributed by atoms with Crippen molar-refractivity contribution in [3.05, 3.63) is 0 Å². The summed E-state index contributed by atoms with van der Waals surface area (Å²) >= 11 is 6.13. The van der Waals surface area contributed by atoms with Crippen LogP contribution in [0.1, 0.15) is 0 Å². The van der Waals surface area contributed by atoms with E-state index in [1.54, 1.807) is 0 Å². The van der Waals surface area contributed by atoms with Gasteiger partial charge in [0, 0.05) is 0 Å². The molecule has 0 aliphatic carbocycles. The maximum atomic E-state index is 11.4. The molecular formula is C5H4N2O9S2. The topological polar surface area (TPSA) is 151 Å². The standard InChI is InChI=1S/C5H4N2O9S2/c8-1(6(4(11)17)2(9)15-13)7(5(12)18)3(10)16-14/h13-14H,(H,11,17)(H,12,18). The molecule has 0 rings (SSSR count). The first-order valence-electron chi connectivity index (χ1n) is 3.58. The molecule has 0 bridgehead atoms. The lowest BCUT2D eigenvalue weighted by atomic mass is 10.7. The van der Waals surface area contributed by atoms with Gasteiger partial charge >= 0.3 is 18.2 Å². The fourth-order valence-corrected chi connectivity index (χ4v) is 0.992. The summed E-state index contributed by atoms with van der Waals surface area (Å²) in [6.07, 6.45) is -3.91. The molecule has 100 valence electrons. The zero-order valence-electron chi connectivity index (χ0n) is 8.04. The molecule has 0 radical (unpaired) electrons. The Balaban J connectivity index is 5.40. The average molecular weight is 300 g/mol. The number of thiol groups is 2. The molecule has 0 aromatic heterocycles. The second kappa shape index (κ2) is 6.80. The summed E-state index contributed by atoms with van der Waals surface area (Å²) < 4.78 is 0. The number of amides is 6. The van der Waals surface area contributed by atoms with Gasteiger partial charge in [0.05, 0.1) is 0 Å². The summed E-state index contributed by atoms with van der Waals surface area (Å²) in [5.74, 6) is 0. The molecule has 0 spiro atoms. The predicted molar refractivity (Wildman–Crippen MR) is 56.1 cm³/mol. The SMILES string of the molecule is O=C(S)N(C(=O)OO)C(=O)N(C(=O)S)C(=O)OO. The minimum Gasteiger partial charge on any atom is -0.277 e. The van der Waals surface area contributed by atoms with Gasteiger partial charge in [-0.15, -0.1) is 0 Å². The molecule has 0 heterocycles. The molecule has 0 fully saturated rings. The van der Waals surface area contributed by atoms with E-state index >= 15 is 0 Å². The highest BCUT2D eigenvalue weighted by Crippen LogP contribution is 2.09. The van der Waals surface area contributed by atoms with Gasteiger partial charge in [-0.1, -0.05) is 25.3 Å². The van der Waals surface area contributed by atoms with Crippen LogP contribution in [0.4, 0.5) is 24.0 Å². The third-order valence-electron chi connectivity index (χ3n) is 1.29. The summed E-state index contributed by atoms with van der Waals surface area (Å²) in [6.45, 7) is 0. The number of hydrogen-bond acceptors (Lipinski definition) is 9. The first-order chi connectivity index (χ1) is 8.27. The number of rotatable bonds is 0. The van der Waals surface area contributed by atoms with E-state index in [-0.39, 0.29) is 0 Å². The number of imide groups is 6. The molecule has 11 nitrogen and oxygen atoms in total. The van der Waals surface area contributed by atoms with E-state index in [0.29, 0.717) is 0 Å². The van der Waals surface area contributed by atoms with Gasteiger partial charge < -0.3 is 0 Å². The van der Waals surface area contributed by atoms with E-state index in [2.05, 4.69) is 35.0 Å². The molecule has 0 atom stereocenters. The third kappa shape index (κ3) is 3.59. The Morgan fingerprint density at radius 2 is 1.06 bits per heavy atom. The van der Waals surface area contributed by atoms with Crippen molar-refractivity contribution in [2.24, 2.45) is 0 Å². The van der Waals surface area contributed by atoms with Crippen LogP contribution in [0.15, 0.2) is 0 Å². The van der Waals surface area contributed by atoms with E-state index < -0.39 is 38.5 Å². The maximum Gasteiger partial charge on any atom is 0.456 e.